The minimum absolute atomic E-state index is 0.117. The maximum absolute atomic E-state index is 13.7. The Hall–Kier alpha value is -5.00. The van der Waals surface area contributed by atoms with Crippen LogP contribution in [0, 0.1) is 20.8 Å². The number of hydrogen-bond donors (Lipinski definition) is 2. The van der Waals surface area contributed by atoms with Crippen molar-refractivity contribution in [1.29, 1.82) is 0 Å². The minimum atomic E-state index is -0.180. The quantitative estimate of drug-likeness (QED) is 0.138. The molecule has 11 nitrogen and oxygen atoms in total. The van der Waals surface area contributed by atoms with Gasteiger partial charge in [0.05, 0.1) is 38.9 Å². The molecule has 1 amide bonds. The highest BCUT2D eigenvalue weighted by atomic mass is 16.5. The highest BCUT2D eigenvalue weighted by molar-refractivity contribution is 5.97. The van der Waals surface area contributed by atoms with Gasteiger partial charge in [-0.1, -0.05) is 30.3 Å². The number of nitrogens with one attached hydrogen (secondary N) is 1. The van der Waals surface area contributed by atoms with E-state index in [4.69, 9.17) is 23.6 Å². The molecule has 1 aliphatic heterocycles. The van der Waals surface area contributed by atoms with Crippen molar-refractivity contribution < 1.29 is 28.5 Å². The van der Waals surface area contributed by atoms with E-state index < -0.39 is 0 Å². The van der Waals surface area contributed by atoms with E-state index in [0.29, 0.717) is 47.2 Å². The molecule has 0 bridgehead atoms. The first-order valence-electron chi connectivity index (χ1n) is 18.0. The summed E-state index contributed by atoms with van der Waals surface area (Å²) in [5, 5.41) is 12.8. The second kappa shape index (κ2) is 16.6. The number of aryl methyl sites for hydroxylation is 2. The van der Waals surface area contributed by atoms with E-state index >= 15 is 0 Å². The Morgan fingerprint density at radius 1 is 0.904 bits per heavy atom. The molecule has 11 heteroatoms. The number of imidazole rings is 1. The summed E-state index contributed by atoms with van der Waals surface area (Å²) >= 11 is 0. The van der Waals surface area contributed by atoms with Crippen LogP contribution < -0.4 is 24.4 Å². The number of amides is 1. The molecule has 0 saturated carbocycles. The van der Waals surface area contributed by atoms with Gasteiger partial charge in [-0.25, -0.2) is 4.98 Å². The van der Waals surface area contributed by atoms with Gasteiger partial charge in [0.15, 0.2) is 11.5 Å². The lowest BCUT2D eigenvalue weighted by Gasteiger charge is -2.26. The average molecular weight is 710 g/mol. The van der Waals surface area contributed by atoms with Gasteiger partial charge in [0, 0.05) is 43.2 Å². The largest absolute Gasteiger partial charge is 0.493 e. The van der Waals surface area contributed by atoms with Crippen molar-refractivity contribution in [2.75, 3.05) is 65.5 Å². The number of aliphatic hydroxyl groups is 1. The summed E-state index contributed by atoms with van der Waals surface area (Å²) in [7, 11) is 4.68. The van der Waals surface area contributed by atoms with E-state index in [9.17, 15) is 9.90 Å². The van der Waals surface area contributed by atoms with Crippen LogP contribution in [0.3, 0.4) is 0 Å². The zero-order valence-corrected chi connectivity index (χ0v) is 31.2. The van der Waals surface area contributed by atoms with Gasteiger partial charge in [-0.15, -0.1) is 0 Å². The Labute approximate surface area is 306 Å². The lowest BCUT2D eigenvalue weighted by Crippen LogP contribution is -2.34. The minimum Gasteiger partial charge on any atom is -0.493 e. The molecular formula is C41H51N5O6. The van der Waals surface area contributed by atoms with E-state index in [1.807, 2.05) is 31.2 Å². The van der Waals surface area contributed by atoms with Crippen molar-refractivity contribution in [3.05, 3.63) is 100 Å². The van der Waals surface area contributed by atoms with Gasteiger partial charge < -0.3 is 43.4 Å². The number of nitrogens with zero attached hydrogens (tertiary/aromatic N) is 4. The van der Waals surface area contributed by atoms with Crippen molar-refractivity contribution in [3.63, 3.8) is 0 Å². The first-order chi connectivity index (χ1) is 25.2. The Morgan fingerprint density at radius 2 is 1.69 bits per heavy atom. The number of anilines is 1. The monoisotopic (exact) mass is 709 g/mol. The summed E-state index contributed by atoms with van der Waals surface area (Å²) in [6, 6.07) is 20.3. The molecule has 3 aromatic carbocycles. The first-order valence-corrected chi connectivity index (χ1v) is 18.0. The molecule has 0 spiro atoms. The topological polar surface area (TPSA) is 114 Å². The molecule has 1 atom stereocenters. The Balaban J connectivity index is 1.16. The second-order valence-electron chi connectivity index (χ2n) is 13.6. The maximum atomic E-state index is 13.7. The van der Waals surface area contributed by atoms with E-state index in [1.165, 1.54) is 16.7 Å². The van der Waals surface area contributed by atoms with Crippen LogP contribution in [-0.4, -0.2) is 86.1 Å². The number of methoxy groups -OCH3 is 3. The predicted molar refractivity (Wildman–Crippen MR) is 203 cm³/mol. The molecule has 1 aliphatic rings. The number of furan rings is 1. The van der Waals surface area contributed by atoms with E-state index in [0.717, 1.165) is 68.3 Å². The number of benzene rings is 3. The van der Waals surface area contributed by atoms with Crippen LogP contribution in [-0.2, 0) is 13.2 Å². The van der Waals surface area contributed by atoms with Gasteiger partial charge in [0.1, 0.15) is 18.1 Å². The zero-order chi connectivity index (χ0) is 36.8. The number of para-hydroxylation sites is 2. The summed E-state index contributed by atoms with van der Waals surface area (Å²) in [5.41, 5.74) is 6.91. The fourth-order valence-corrected chi connectivity index (χ4v) is 7.19. The number of ether oxygens (including phenoxy) is 3. The van der Waals surface area contributed by atoms with Crippen LogP contribution in [0.4, 0.5) is 5.95 Å². The Kier molecular flexibility index (Phi) is 11.7. The van der Waals surface area contributed by atoms with Crippen LogP contribution in [0.5, 0.6) is 17.2 Å². The van der Waals surface area contributed by atoms with Gasteiger partial charge in [0.2, 0.25) is 11.7 Å². The predicted octanol–water partition coefficient (Wildman–Crippen LogP) is 6.24. The van der Waals surface area contributed by atoms with Crippen molar-refractivity contribution in [2.24, 2.45) is 0 Å². The fourth-order valence-electron chi connectivity index (χ4n) is 7.19. The van der Waals surface area contributed by atoms with Gasteiger partial charge in [-0.2, -0.15) is 0 Å². The summed E-state index contributed by atoms with van der Waals surface area (Å²) < 4.78 is 24.8. The van der Waals surface area contributed by atoms with Crippen LogP contribution >= 0.6 is 0 Å². The van der Waals surface area contributed by atoms with Crippen molar-refractivity contribution in [3.8, 4) is 17.2 Å². The Morgan fingerprint density at radius 3 is 2.42 bits per heavy atom. The molecule has 3 heterocycles. The standard InChI is InChI=1S/C41H51N5O6/c1-27-12-13-30(22-28(27)2)31(24-42-40(48)34-23-37(49-4)39(51-6)38(50-5)29(34)3)16-19-44-17-9-18-45(21-20-44)41-43-35-10-7-8-11-36(35)46(41)25-32-14-15-33(26-47)52-32/h7-8,10-15,22-23,31,47H,9,16-21,24-26H2,1-6H3,(H,42,48). The number of carbonyl (C=O) groups excluding carboxylic acids is 1. The molecular weight excluding hydrogens is 658 g/mol. The van der Waals surface area contributed by atoms with E-state index in [-0.39, 0.29) is 18.4 Å². The summed E-state index contributed by atoms with van der Waals surface area (Å²) in [6.45, 7) is 11.5. The molecule has 52 heavy (non-hydrogen) atoms. The highest BCUT2D eigenvalue weighted by Gasteiger charge is 2.25. The van der Waals surface area contributed by atoms with Gasteiger partial charge in [0.25, 0.3) is 5.91 Å². The zero-order valence-electron chi connectivity index (χ0n) is 31.2. The lowest BCUT2D eigenvalue weighted by atomic mass is 9.92. The SMILES string of the molecule is COc1cc(C(=O)NCC(CCN2CCCN(c3nc4ccccc4n3Cc3ccc(CO)o3)CC2)c2ccc(C)c(C)c2)c(C)c(OC)c1OC. The molecule has 6 rings (SSSR count). The third-order valence-electron chi connectivity index (χ3n) is 10.3. The molecule has 1 fully saturated rings. The van der Waals surface area contributed by atoms with E-state index in [1.54, 1.807) is 27.4 Å². The van der Waals surface area contributed by atoms with Crippen molar-refractivity contribution in [1.82, 2.24) is 19.8 Å². The lowest BCUT2D eigenvalue weighted by molar-refractivity contribution is 0.0948. The van der Waals surface area contributed by atoms with Crippen molar-refractivity contribution in [2.45, 2.75) is 52.7 Å². The molecule has 2 N–H and O–H groups in total. The molecule has 276 valence electrons. The Bertz CT molecular complexity index is 2000. The number of carbonyl (C=O) groups is 1. The number of fused-ring (bicyclic) bond motifs is 1. The summed E-state index contributed by atoms with van der Waals surface area (Å²) in [6.07, 6.45) is 1.89. The number of aromatic nitrogens is 2. The van der Waals surface area contributed by atoms with Gasteiger partial charge >= 0.3 is 0 Å². The van der Waals surface area contributed by atoms with Gasteiger partial charge in [-0.05, 0) is 93.7 Å². The average Bonchev–Trinajstić information content (AvgIpc) is 3.69. The van der Waals surface area contributed by atoms with Crippen LogP contribution in [0.1, 0.15) is 62.9 Å². The first kappa shape index (κ1) is 36.8. The molecule has 1 saturated heterocycles. The number of aliphatic hydroxyl groups excluding tert-OH is 1. The second-order valence-corrected chi connectivity index (χ2v) is 13.6. The van der Waals surface area contributed by atoms with Crippen molar-refractivity contribution >= 4 is 22.9 Å². The molecule has 0 aliphatic carbocycles. The molecule has 1 unspecified atom stereocenters. The van der Waals surface area contributed by atoms with Crippen LogP contribution in [0.2, 0.25) is 0 Å². The number of rotatable bonds is 14. The van der Waals surface area contributed by atoms with Crippen LogP contribution in [0.15, 0.2) is 65.1 Å². The third kappa shape index (κ3) is 7.90. The number of hydrogen-bond acceptors (Lipinski definition) is 9. The normalized spacial score (nSPS) is 14.3. The fraction of sp³-hybridized carbons (Fsp3) is 0.415. The summed E-state index contributed by atoms with van der Waals surface area (Å²) in [4.78, 5) is 23.7. The highest BCUT2D eigenvalue weighted by Crippen LogP contribution is 2.41. The smallest absolute Gasteiger partial charge is 0.251 e. The summed E-state index contributed by atoms with van der Waals surface area (Å²) in [5.74, 6) is 3.62. The van der Waals surface area contributed by atoms with Crippen LogP contribution in [0.25, 0.3) is 11.0 Å². The molecule has 0 radical (unpaired) electrons. The maximum Gasteiger partial charge on any atom is 0.251 e. The molecule has 5 aromatic rings. The van der Waals surface area contributed by atoms with Gasteiger partial charge in [-0.3, -0.25) is 4.79 Å². The molecule has 2 aromatic heterocycles. The van der Waals surface area contributed by atoms with E-state index in [2.05, 4.69) is 63.9 Å². The third-order valence-corrected chi connectivity index (χ3v) is 10.3.